The molecule has 24 heavy (non-hydrogen) atoms. The van der Waals surface area contributed by atoms with Crippen LogP contribution < -0.4 is 20.1 Å². The molecule has 6 nitrogen and oxygen atoms in total. The fraction of sp³-hybridized carbons (Fsp3) is 0.222. The summed E-state index contributed by atoms with van der Waals surface area (Å²) in [6, 6.07) is 14.0. The number of ether oxygens (including phenoxy) is 2. The number of methoxy groups -OCH3 is 2. The highest BCUT2D eigenvalue weighted by atomic mass is 16.5. The Kier molecular flexibility index (Phi) is 5.78. The van der Waals surface area contributed by atoms with E-state index in [2.05, 4.69) is 10.6 Å². The van der Waals surface area contributed by atoms with E-state index in [9.17, 15) is 9.59 Å². The van der Waals surface area contributed by atoms with Gasteiger partial charge in [-0.05, 0) is 24.6 Å². The van der Waals surface area contributed by atoms with Gasteiger partial charge in [0.05, 0.1) is 25.9 Å². The predicted octanol–water partition coefficient (Wildman–Crippen LogP) is 2.52. The van der Waals surface area contributed by atoms with Gasteiger partial charge in [-0.3, -0.25) is 9.59 Å². The fourth-order valence-electron chi connectivity index (χ4n) is 2.17. The highest BCUT2D eigenvalue weighted by Crippen LogP contribution is 2.28. The van der Waals surface area contributed by atoms with Gasteiger partial charge < -0.3 is 20.1 Å². The van der Waals surface area contributed by atoms with Gasteiger partial charge in [0.25, 0.3) is 0 Å². The molecule has 0 saturated heterocycles. The zero-order valence-corrected chi connectivity index (χ0v) is 13.8. The van der Waals surface area contributed by atoms with Gasteiger partial charge in [-0.15, -0.1) is 0 Å². The maximum atomic E-state index is 12.1. The average molecular weight is 328 g/mol. The number of carbonyl (C=O) groups is 2. The largest absolute Gasteiger partial charge is 0.497 e. The van der Waals surface area contributed by atoms with E-state index in [-0.39, 0.29) is 6.04 Å². The van der Waals surface area contributed by atoms with Crippen LogP contribution in [0.2, 0.25) is 0 Å². The van der Waals surface area contributed by atoms with Crippen LogP contribution in [0.4, 0.5) is 5.69 Å². The van der Waals surface area contributed by atoms with Crippen molar-refractivity contribution in [1.82, 2.24) is 5.32 Å². The number of amides is 2. The average Bonchev–Trinajstić information content (AvgIpc) is 2.62. The lowest BCUT2D eigenvalue weighted by atomic mass is 10.1. The van der Waals surface area contributed by atoms with Gasteiger partial charge in [0, 0.05) is 6.07 Å². The van der Waals surface area contributed by atoms with E-state index in [0.717, 1.165) is 5.56 Å². The van der Waals surface area contributed by atoms with Crippen molar-refractivity contribution in [3.05, 3.63) is 54.1 Å². The van der Waals surface area contributed by atoms with Gasteiger partial charge in [-0.1, -0.05) is 30.3 Å². The summed E-state index contributed by atoms with van der Waals surface area (Å²) in [6.07, 6.45) is 0. The zero-order valence-electron chi connectivity index (χ0n) is 13.8. The molecule has 0 radical (unpaired) electrons. The number of nitrogens with one attached hydrogen (secondary N) is 2. The summed E-state index contributed by atoms with van der Waals surface area (Å²) < 4.78 is 10.3. The molecule has 1 atom stereocenters. The van der Waals surface area contributed by atoms with Gasteiger partial charge in [0.1, 0.15) is 11.5 Å². The molecular formula is C18H20N2O4. The summed E-state index contributed by atoms with van der Waals surface area (Å²) in [5, 5.41) is 5.20. The Bertz CT molecular complexity index is 716. The third-order valence-corrected chi connectivity index (χ3v) is 3.51. The standard InChI is InChI=1S/C18H20N2O4/c1-12(13-7-5-4-6-8-13)19-17(21)18(22)20-15-10-9-14(23-2)11-16(15)24-3/h4-12H,1-3H3,(H,19,21)(H,20,22). The van der Waals surface area contributed by atoms with Crippen LogP contribution in [0.3, 0.4) is 0 Å². The summed E-state index contributed by atoms with van der Waals surface area (Å²) >= 11 is 0. The molecular weight excluding hydrogens is 308 g/mol. The van der Waals surface area contributed by atoms with Gasteiger partial charge in [0.2, 0.25) is 0 Å². The number of carbonyl (C=O) groups excluding carboxylic acids is 2. The minimum Gasteiger partial charge on any atom is -0.497 e. The molecule has 0 heterocycles. The van der Waals surface area contributed by atoms with Gasteiger partial charge in [-0.2, -0.15) is 0 Å². The molecule has 0 bridgehead atoms. The molecule has 0 aliphatic carbocycles. The van der Waals surface area contributed by atoms with Gasteiger partial charge in [0.15, 0.2) is 0 Å². The van der Waals surface area contributed by atoms with E-state index in [1.807, 2.05) is 37.3 Å². The van der Waals surface area contributed by atoms with E-state index in [0.29, 0.717) is 17.2 Å². The van der Waals surface area contributed by atoms with E-state index < -0.39 is 11.8 Å². The van der Waals surface area contributed by atoms with Crippen LogP contribution in [0.5, 0.6) is 11.5 Å². The molecule has 2 aromatic rings. The van der Waals surface area contributed by atoms with E-state index in [1.165, 1.54) is 14.2 Å². The molecule has 0 spiro atoms. The topological polar surface area (TPSA) is 76.7 Å². The molecule has 0 saturated carbocycles. The van der Waals surface area contributed by atoms with Crippen molar-refractivity contribution in [2.45, 2.75) is 13.0 Å². The lowest BCUT2D eigenvalue weighted by Gasteiger charge is -2.15. The lowest BCUT2D eigenvalue weighted by Crippen LogP contribution is -2.36. The molecule has 2 aromatic carbocycles. The van der Waals surface area contributed by atoms with E-state index in [1.54, 1.807) is 18.2 Å². The van der Waals surface area contributed by atoms with Crippen LogP contribution in [0, 0.1) is 0 Å². The first-order chi connectivity index (χ1) is 11.5. The molecule has 0 aromatic heterocycles. The first-order valence-corrected chi connectivity index (χ1v) is 7.44. The van der Waals surface area contributed by atoms with E-state index >= 15 is 0 Å². The third kappa shape index (κ3) is 4.25. The molecule has 0 aliphatic rings. The predicted molar refractivity (Wildman–Crippen MR) is 91.2 cm³/mol. The third-order valence-electron chi connectivity index (χ3n) is 3.51. The highest BCUT2D eigenvalue weighted by molar-refractivity contribution is 6.39. The molecule has 0 fully saturated rings. The Morgan fingerprint density at radius 1 is 0.958 bits per heavy atom. The van der Waals surface area contributed by atoms with Crippen LogP contribution in [0.15, 0.2) is 48.5 Å². The van der Waals surface area contributed by atoms with Crippen LogP contribution in [-0.4, -0.2) is 26.0 Å². The lowest BCUT2D eigenvalue weighted by molar-refractivity contribution is -0.136. The Balaban J connectivity index is 2.03. The van der Waals surface area contributed by atoms with Crippen molar-refractivity contribution in [3.8, 4) is 11.5 Å². The summed E-state index contributed by atoms with van der Waals surface area (Å²) in [7, 11) is 3.01. The van der Waals surface area contributed by atoms with E-state index in [4.69, 9.17) is 9.47 Å². The van der Waals surface area contributed by atoms with Gasteiger partial charge >= 0.3 is 11.8 Å². The number of rotatable bonds is 5. The number of hydrogen-bond donors (Lipinski definition) is 2. The molecule has 2 N–H and O–H groups in total. The summed E-state index contributed by atoms with van der Waals surface area (Å²) in [4.78, 5) is 24.2. The maximum Gasteiger partial charge on any atom is 0.313 e. The Morgan fingerprint density at radius 3 is 2.29 bits per heavy atom. The Hall–Kier alpha value is -3.02. The maximum absolute atomic E-state index is 12.1. The van der Waals surface area contributed by atoms with Crippen molar-refractivity contribution in [2.75, 3.05) is 19.5 Å². The fourth-order valence-corrected chi connectivity index (χ4v) is 2.17. The number of anilines is 1. The first kappa shape index (κ1) is 17.3. The second kappa shape index (κ2) is 8.01. The Labute approximate surface area is 140 Å². The second-order valence-corrected chi connectivity index (χ2v) is 5.13. The van der Waals surface area contributed by atoms with Crippen LogP contribution >= 0.6 is 0 Å². The number of benzene rings is 2. The summed E-state index contributed by atoms with van der Waals surface area (Å²) in [5.74, 6) is -0.482. The summed E-state index contributed by atoms with van der Waals surface area (Å²) in [6.45, 7) is 1.81. The first-order valence-electron chi connectivity index (χ1n) is 7.44. The highest BCUT2D eigenvalue weighted by Gasteiger charge is 2.18. The molecule has 1 unspecified atom stereocenters. The Morgan fingerprint density at radius 2 is 1.67 bits per heavy atom. The van der Waals surface area contributed by atoms with Gasteiger partial charge in [-0.25, -0.2) is 0 Å². The minimum absolute atomic E-state index is 0.276. The number of hydrogen-bond acceptors (Lipinski definition) is 4. The van der Waals surface area contributed by atoms with Crippen molar-refractivity contribution < 1.29 is 19.1 Å². The van der Waals surface area contributed by atoms with Crippen molar-refractivity contribution >= 4 is 17.5 Å². The normalized spacial score (nSPS) is 11.3. The van der Waals surface area contributed by atoms with Crippen LogP contribution in [0.1, 0.15) is 18.5 Å². The molecule has 2 amide bonds. The second-order valence-electron chi connectivity index (χ2n) is 5.13. The quantitative estimate of drug-likeness (QED) is 0.827. The van der Waals surface area contributed by atoms with Crippen LogP contribution in [0.25, 0.3) is 0 Å². The van der Waals surface area contributed by atoms with Crippen molar-refractivity contribution in [2.24, 2.45) is 0 Å². The SMILES string of the molecule is COc1ccc(NC(=O)C(=O)NC(C)c2ccccc2)c(OC)c1. The smallest absolute Gasteiger partial charge is 0.313 e. The molecule has 0 aliphatic heterocycles. The van der Waals surface area contributed by atoms with Crippen molar-refractivity contribution in [1.29, 1.82) is 0 Å². The van der Waals surface area contributed by atoms with Crippen molar-refractivity contribution in [3.63, 3.8) is 0 Å². The minimum atomic E-state index is -0.763. The zero-order chi connectivity index (χ0) is 17.5. The van der Waals surface area contributed by atoms with Crippen LogP contribution in [-0.2, 0) is 9.59 Å². The molecule has 2 rings (SSSR count). The summed E-state index contributed by atoms with van der Waals surface area (Å²) in [5.41, 5.74) is 1.31. The molecule has 6 heteroatoms. The molecule has 126 valence electrons. The monoisotopic (exact) mass is 328 g/mol.